The summed E-state index contributed by atoms with van der Waals surface area (Å²) in [5, 5.41) is 0. The third-order valence-corrected chi connectivity index (χ3v) is 4.25. The van der Waals surface area contributed by atoms with E-state index in [2.05, 4.69) is 15.0 Å². The number of piperidine rings is 1. The first kappa shape index (κ1) is 18.8. The molecule has 0 amide bonds. The molecule has 0 aromatic carbocycles. The summed E-state index contributed by atoms with van der Waals surface area (Å²) in [7, 11) is 0. The van der Waals surface area contributed by atoms with Crippen LogP contribution in [0, 0.1) is 0 Å². The number of rotatable bonds is 5. The average Bonchev–Trinajstić information content (AvgIpc) is 2.67. The van der Waals surface area contributed by atoms with E-state index in [0.717, 1.165) is 50.5 Å². The molecule has 1 aliphatic heterocycles. The largest absolute Gasteiger partial charge is 0.419 e. The number of hydrogen-bond donors (Lipinski definition) is 0. The van der Waals surface area contributed by atoms with Crippen LogP contribution >= 0.6 is 0 Å². The van der Waals surface area contributed by atoms with Gasteiger partial charge in [0.25, 0.3) is 0 Å². The van der Waals surface area contributed by atoms with Gasteiger partial charge in [-0.15, -0.1) is 0 Å². The third kappa shape index (κ3) is 4.81. The van der Waals surface area contributed by atoms with Gasteiger partial charge < -0.3 is 9.64 Å². The molecule has 9 heteroatoms. The lowest BCUT2D eigenvalue weighted by molar-refractivity contribution is -0.137. The van der Waals surface area contributed by atoms with Crippen molar-refractivity contribution in [2.24, 2.45) is 0 Å². The van der Waals surface area contributed by atoms with Gasteiger partial charge in [0.15, 0.2) is 0 Å². The monoisotopic (exact) mass is 378 g/mol. The fraction of sp³-hybridized carbons (Fsp3) is 0.333. The Kier molecular flexibility index (Phi) is 5.68. The second-order valence-corrected chi connectivity index (χ2v) is 6.02. The summed E-state index contributed by atoms with van der Waals surface area (Å²) in [5.41, 5.74) is -0.191. The van der Waals surface area contributed by atoms with Crippen LogP contribution < -0.4 is 4.74 Å². The van der Waals surface area contributed by atoms with E-state index in [1.807, 2.05) is 4.90 Å². The van der Waals surface area contributed by atoms with E-state index < -0.39 is 11.7 Å². The highest BCUT2D eigenvalue weighted by Gasteiger charge is 2.31. The van der Waals surface area contributed by atoms with Gasteiger partial charge in [0.2, 0.25) is 11.8 Å². The van der Waals surface area contributed by atoms with Crippen LogP contribution in [0.15, 0.2) is 43.0 Å². The van der Waals surface area contributed by atoms with Crippen molar-refractivity contribution in [2.45, 2.75) is 24.9 Å². The molecule has 142 valence electrons. The summed E-state index contributed by atoms with van der Waals surface area (Å²) in [6.07, 6.45) is 4.82. The molecule has 0 atom stereocenters. The Morgan fingerprint density at radius 3 is 2.48 bits per heavy atom. The van der Waals surface area contributed by atoms with Crippen LogP contribution in [-0.4, -0.2) is 39.2 Å². The van der Waals surface area contributed by atoms with Crippen molar-refractivity contribution >= 4 is 6.29 Å². The minimum absolute atomic E-state index is 0.0242. The summed E-state index contributed by atoms with van der Waals surface area (Å²) in [4.78, 5) is 24.7. The first-order valence-electron chi connectivity index (χ1n) is 8.35. The lowest BCUT2D eigenvalue weighted by Gasteiger charge is -2.30. The molecule has 27 heavy (non-hydrogen) atoms. The number of pyridine rings is 1. The van der Waals surface area contributed by atoms with E-state index in [1.165, 1.54) is 12.3 Å². The Labute approximate surface area is 153 Å². The highest BCUT2D eigenvalue weighted by molar-refractivity contribution is 5.64. The zero-order valence-corrected chi connectivity index (χ0v) is 14.3. The van der Waals surface area contributed by atoms with E-state index in [9.17, 15) is 18.0 Å². The Hall–Kier alpha value is -2.97. The maximum Gasteiger partial charge on any atom is 0.417 e. The van der Waals surface area contributed by atoms with Crippen LogP contribution in [0.4, 0.5) is 13.2 Å². The molecule has 0 N–H and O–H groups in total. The fourth-order valence-corrected chi connectivity index (χ4v) is 2.88. The lowest BCUT2D eigenvalue weighted by Crippen LogP contribution is -2.29. The topological polar surface area (TPSA) is 68.2 Å². The Morgan fingerprint density at radius 1 is 1.11 bits per heavy atom. The number of aromatic nitrogens is 3. The van der Waals surface area contributed by atoms with Crippen LogP contribution in [0.2, 0.25) is 0 Å². The molecule has 1 fully saturated rings. The van der Waals surface area contributed by atoms with Crippen molar-refractivity contribution in [1.82, 2.24) is 19.9 Å². The SMILES string of the molecule is O=CC=CN1CCC(c2nccnc2Oc2ccc(C(F)(F)F)cn2)CC1. The van der Waals surface area contributed by atoms with Gasteiger partial charge in [-0.2, -0.15) is 13.2 Å². The number of nitrogens with zero attached hydrogens (tertiary/aromatic N) is 4. The molecule has 2 aromatic heterocycles. The van der Waals surface area contributed by atoms with Crippen molar-refractivity contribution in [3.05, 3.63) is 54.3 Å². The van der Waals surface area contributed by atoms with Crippen LogP contribution in [0.25, 0.3) is 0 Å². The number of carbonyl (C=O) groups is 1. The third-order valence-electron chi connectivity index (χ3n) is 4.25. The van der Waals surface area contributed by atoms with E-state index in [-0.39, 0.29) is 17.7 Å². The van der Waals surface area contributed by atoms with Gasteiger partial charge in [-0.1, -0.05) is 0 Å². The molecule has 0 saturated carbocycles. The van der Waals surface area contributed by atoms with Crippen molar-refractivity contribution in [3.8, 4) is 11.8 Å². The number of hydrogen-bond acceptors (Lipinski definition) is 6. The van der Waals surface area contributed by atoms with Crippen molar-refractivity contribution in [1.29, 1.82) is 0 Å². The Balaban J connectivity index is 1.71. The van der Waals surface area contributed by atoms with Crippen LogP contribution in [-0.2, 0) is 11.0 Å². The highest BCUT2D eigenvalue weighted by atomic mass is 19.4. The van der Waals surface area contributed by atoms with Gasteiger partial charge >= 0.3 is 6.18 Å². The quantitative estimate of drug-likeness (QED) is 0.585. The number of carbonyl (C=O) groups excluding carboxylic acids is 1. The number of allylic oxidation sites excluding steroid dienone is 1. The van der Waals surface area contributed by atoms with Crippen molar-refractivity contribution in [2.75, 3.05) is 13.1 Å². The molecule has 6 nitrogen and oxygen atoms in total. The summed E-state index contributed by atoms with van der Waals surface area (Å²) in [6, 6.07) is 2.07. The first-order valence-corrected chi connectivity index (χ1v) is 8.35. The predicted molar refractivity (Wildman–Crippen MR) is 90.1 cm³/mol. The average molecular weight is 378 g/mol. The van der Waals surface area contributed by atoms with Crippen molar-refractivity contribution < 1.29 is 22.7 Å². The molecule has 1 aliphatic rings. The zero-order valence-electron chi connectivity index (χ0n) is 14.3. The second kappa shape index (κ2) is 8.15. The van der Waals surface area contributed by atoms with Gasteiger partial charge in [-0.05, 0) is 25.0 Å². The van der Waals surface area contributed by atoms with Gasteiger partial charge in [-0.25, -0.2) is 9.97 Å². The van der Waals surface area contributed by atoms with E-state index in [0.29, 0.717) is 5.69 Å². The van der Waals surface area contributed by atoms with Gasteiger partial charge in [0.05, 0.1) is 5.56 Å². The van der Waals surface area contributed by atoms with Crippen molar-refractivity contribution in [3.63, 3.8) is 0 Å². The summed E-state index contributed by atoms with van der Waals surface area (Å²) >= 11 is 0. The molecular weight excluding hydrogens is 361 g/mol. The summed E-state index contributed by atoms with van der Waals surface area (Å²) in [6.45, 7) is 1.51. The molecule has 0 radical (unpaired) electrons. The highest BCUT2D eigenvalue weighted by Crippen LogP contribution is 2.34. The maximum absolute atomic E-state index is 12.6. The van der Waals surface area contributed by atoms with Gasteiger partial charge in [-0.3, -0.25) is 9.78 Å². The molecule has 0 bridgehead atoms. The molecule has 2 aromatic rings. The molecular formula is C18H17F3N4O2. The fourth-order valence-electron chi connectivity index (χ4n) is 2.88. The smallest absolute Gasteiger partial charge is 0.417 e. The van der Waals surface area contributed by atoms with E-state index in [4.69, 9.17) is 4.74 Å². The first-order chi connectivity index (χ1) is 13.0. The Morgan fingerprint density at radius 2 is 1.85 bits per heavy atom. The lowest BCUT2D eigenvalue weighted by atomic mass is 9.93. The normalized spacial score (nSPS) is 15.9. The number of alkyl halides is 3. The predicted octanol–water partition coefficient (Wildman–Crippen LogP) is 3.57. The maximum atomic E-state index is 12.6. The molecule has 0 spiro atoms. The van der Waals surface area contributed by atoms with E-state index in [1.54, 1.807) is 12.4 Å². The van der Waals surface area contributed by atoms with Gasteiger partial charge in [0, 0.05) is 49.9 Å². The molecule has 1 saturated heterocycles. The van der Waals surface area contributed by atoms with Crippen LogP contribution in [0.3, 0.4) is 0 Å². The number of likely N-dealkylation sites (tertiary alicyclic amines) is 1. The minimum Gasteiger partial charge on any atom is -0.419 e. The standard InChI is InChI=1S/C18H17F3N4O2/c19-18(20,21)14-2-3-15(24-12-14)27-17-16(22-6-7-23-17)13-4-9-25(10-5-13)8-1-11-26/h1-3,6-8,11-13H,4-5,9-10H2. The second-order valence-electron chi connectivity index (χ2n) is 6.02. The van der Waals surface area contributed by atoms with Gasteiger partial charge in [0.1, 0.15) is 12.0 Å². The molecule has 3 heterocycles. The number of aldehydes is 1. The minimum atomic E-state index is -4.45. The Bertz CT molecular complexity index is 801. The summed E-state index contributed by atoms with van der Waals surface area (Å²) < 4.78 is 43.5. The molecule has 3 rings (SSSR count). The molecule has 0 aliphatic carbocycles. The number of halogens is 3. The molecule has 0 unspecified atom stereocenters. The number of ether oxygens (including phenoxy) is 1. The summed E-state index contributed by atoms with van der Waals surface area (Å²) in [5.74, 6) is 0.367. The van der Waals surface area contributed by atoms with Crippen LogP contribution in [0.1, 0.15) is 30.0 Å². The van der Waals surface area contributed by atoms with E-state index >= 15 is 0 Å². The van der Waals surface area contributed by atoms with Crippen LogP contribution in [0.5, 0.6) is 11.8 Å². The zero-order chi connectivity index (χ0) is 19.3.